The van der Waals surface area contributed by atoms with Gasteiger partial charge in [0.2, 0.25) is 5.88 Å². The molecule has 3 rings (SSSR count). The van der Waals surface area contributed by atoms with E-state index in [0.717, 1.165) is 18.2 Å². The minimum atomic E-state index is -4.81. The van der Waals surface area contributed by atoms with Gasteiger partial charge >= 0.3 is 12.2 Å². The van der Waals surface area contributed by atoms with E-state index in [4.69, 9.17) is 5.73 Å². The second-order valence-corrected chi connectivity index (χ2v) is 5.39. The summed E-state index contributed by atoms with van der Waals surface area (Å²) in [7, 11) is 0. The van der Waals surface area contributed by atoms with Gasteiger partial charge in [-0.25, -0.2) is 9.36 Å². The molecule has 3 aromatic rings. The van der Waals surface area contributed by atoms with Crippen molar-refractivity contribution < 1.29 is 27.9 Å². The Morgan fingerprint density at radius 2 is 1.69 bits per heavy atom. The van der Waals surface area contributed by atoms with Gasteiger partial charge in [0.25, 0.3) is 5.91 Å². The zero-order chi connectivity index (χ0) is 19.1. The first kappa shape index (κ1) is 17.3. The minimum absolute atomic E-state index is 0.307. The van der Waals surface area contributed by atoms with Crippen LogP contribution in [0.5, 0.6) is 5.88 Å². The van der Waals surface area contributed by atoms with Crippen molar-refractivity contribution in [1.29, 1.82) is 0 Å². The number of nitrogens with one attached hydrogen (secondary N) is 1. The molecule has 0 saturated carbocycles. The number of amides is 2. The lowest BCUT2D eigenvalue weighted by Gasteiger charge is -2.10. The van der Waals surface area contributed by atoms with E-state index < -0.39 is 40.5 Å². The highest BCUT2D eigenvalue weighted by Gasteiger charge is 2.37. The van der Waals surface area contributed by atoms with E-state index in [0.29, 0.717) is 10.3 Å². The summed E-state index contributed by atoms with van der Waals surface area (Å²) in [4.78, 5) is 24.2. The Bertz CT molecular complexity index is 1010. The van der Waals surface area contributed by atoms with Crippen molar-refractivity contribution in [2.45, 2.75) is 6.18 Å². The van der Waals surface area contributed by atoms with Crippen molar-refractivity contribution in [3.05, 3.63) is 59.7 Å². The quantitative estimate of drug-likeness (QED) is 0.649. The summed E-state index contributed by atoms with van der Waals surface area (Å²) in [5.74, 6) is -1.96. The second kappa shape index (κ2) is 6.10. The van der Waals surface area contributed by atoms with Crippen LogP contribution in [0, 0.1) is 0 Å². The molecule has 6 nitrogen and oxygen atoms in total. The SMILES string of the molecule is NC(=O)n1c(O)c(C(=O)Nc2ccccc2)c2c(C(F)(F)F)cccc21. The smallest absolute Gasteiger partial charge is 0.417 e. The molecule has 0 spiro atoms. The number of fused-ring (bicyclic) bond motifs is 1. The van der Waals surface area contributed by atoms with Crippen LogP contribution in [0.1, 0.15) is 15.9 Å². The molecule has 2 aromatic carbocycles. The van der Waals surface area contributed by atoms with Gasteiger partial charge in [0.05, 0.1) is 11.1 Å². The number of primary amides is 1. The van der Waals surface area contributed by atoms with Gasteiger partial charge in [0.15, 0.2) is 0 Å². The third kappa shape index (κ3) is 2.83. The summed E-state index contributed by atoms with van der Waals surface area (Å²) in [6.07, 6.45) is -4.81. The molecule has 9 heteroatoms. The fourth-order valence-corrected chi connectivity index (χ4v) is 2.72. The molecule has 0 radical (unpaired) electrons. The van der Waals surface area contributed by atoms with Crippen LogP contribution in [0.25, 0.3) is 10.9 Å². The highest BCUT2D eigenvalue weighted by atomic mass is 19.4. The van der Waals surface area contributed by atoms with Gasteiger partial charge < -0.3 is 16.2 Å². The average Bonchev–Trinajstić information content (AvgIpc) is 2.86. The maximum atomic E-state index is 13.4. The van der Waals surface area contributed by atoms with Crippen LogP contribution in [0.2, 0.25) is 0 Å². The van der Waals surface area contributed by atoms with Gasteiger partial charge in [-0.05, 0) is 24.3 Å². The molecule has 0 atom stereocenters. The first-order chi connectivity index (χ1) is 12.2. The number of aromatic nitrogens is 1. The molecule has 26 heavy (non-hydrogen) atoms. The van der Waals surface area contributed by atoms with Crippen LogP contribution in [0.3, 0.4) is 0 Å². The van der Waals surface area contributed by atoms with E-state index in [2.05, 4.69) is 5.32 Å². The zero-order valence-corrected chi connectivity index (χ0v) is 13.0. The Morgan fingerprint density at radius 3 is 2.27 bits per heavy atom. The van der Waals surface area contributed by atoms with Gasteiger partial charge in [0, 0.05) is 11.1 Å². The van der Waals surface area contributed by atoms with Crippen molar-refractivity contribution >= 4 is 28.5 Å². The molecule has 0 aliphatic carbocycles. The molecular weight excluding hydrogens is 351 g/mol. The van der Waals surface area contributed by atoms with E-state index in [-0.39, 0.29) is 5.52 Å². The number of benzene rings is 2. The van der Waals surface area contributed by atoms with E-state index >= 15 is 0 Å². The van der Waals surface area contributed by atoms with Crippen molar-refractivity contribution in [3.63, 3.8) is 0 Å². The fourth-order valence-electron chi connectivity index (χ4n) is 2.72. The number of rotatable bonds is 2. The number of alkyl halides is 3. The summed E-state index contributed by atoms with van der Waals surface area (Å²) in [6, 6.07) is 9.72. The largest absolute Gasteiger partial charge is 0.494 e. The first-order valence-electron chi connectivity index (χ1n) is 7.31. The Kier molecular flexibility index (Phi) is 4.07. The normalized spacial score (nSPS) is 11.5. The number of hydrogen-bond donors (Lipinski definition) is 3. The van der Waals surface area contributed by atoms with Crippen molar-refractivity contribution in [1.82, 2.24) is 4.57 Å². The van der Waals surface area contributed by atoms with E-state index in [1.54, 1.807) is 18.2 Å². The van der Waals surface area contributed by atoms with E-state index in [9.17, 15) is 27.9 Å². The van der Waals surface area contributed by atoms with Gasteiger partial charge in [-0.3, -0.25) is 4.79 Å². The number of hydrogen-bond acceptors (Lipinski definition) is 3. The number of carbonyl (C=O) groups excluding carboxylic acids is 2. The van der Waals surface area contributed by atoms with Gasteiger partial charge in [0.1, 0.15) is 5.56 Å². The Morgan fingerprint density at radius 1 is 1.04 bits per heavy atom. The predicted octanol–water partition coefficient (Wildman–Crippen LogP) is 3.54. The molecule has 4 N–H and O–H groups in total. The van der Waals surface area contributed by atoms with Crippen molar-refractivity contribution in [2.75, 3.05) is 5.32 Å². The standard InChI is InChI=1S/C17H12F3N3O3/c18-17(19,20)10-7-4-8-11-12(10)13(15(25)23(11)16(21)26)14(24)22-9-5-2-1-3-6-9/h1-8,25H,(H2,21,26)(H,22,24). The lowest BCUT2D eigenvalue weighted by molar-refractivity contribution is -0.136. The fraction of sp³-hybridized carbons (Fsp3) is 0.0588. The molecule has 2 amide bonds. The Balaban J connectivity index is 2.28. The minimum Gasteiger partial charge on any atom is -0.494 e. The van der Waals surface area contributed by atoms with Crippen LogP contribution >= 0.6 is 0 Å². The molecule has 0 unspecified atom stereocenters. The van der Waals surface area contributed by atoms with Crippen molar-refractivity contribution in [2.24, 2.45) is 5.73 Å². The Hall–Kier alpha value is -3.49. The molecule has 1 aromatic heterocycles. The van der Waals surface area contributed by atoms with Crippen molar-refractivity contribution in [3.8, 4) is 5.88 Å². The average molecular weight is 363 g/mol. The Labute approximate surface area is 144 Å². The number of nitrogens with zero attached hydrogens (tertiary/aromatic N) is 1. The molecule has 1 heterocycles. The summed E-state index contributed by atoms with van der Waals surface area (Å²) in [6.45, 7) is 0. The monoisotopic (exact) mass is 363 g/mol. The van der Waals surface area contributed by atoms with Crippen LogP contribution < -0.4 is 11.1 Å². The number of carbonyl (C=O) groups is 2. The number of para-hydroxylation sites is 1. The summed E-state index contributed by atoms with van der Waals surface area (Å²) in [5, 5.41) is 12.0. The second-order valence-electron chi connectivity index (χ2n) is 5.39. The lowest BCUT2D eigenvalue weighted by Crippen LogP contribution is -2.19. The van der Waals surface area contributed by atoms with Crippen LogP contribution in [-0.2, 0) is 6.18 Å². The van der Waals surface area contributed by atoms with Crippen LogP contribution in [0.15, 0.2) is 48.5 Å². The van der Waals surface area contributed by atoms with Gasteiger partial charge in [-0.15, -0.1) is 0 Å². The predicted molar refractivity (Wildman–Crippen MR) is 88.0 cm³/mol. The molecule has 134 valence electrons. The highest BCUT2D eigenvalue weighted by molar-refractivity contribution is 6.17. The van der Waals surface area contributed by atoms with Crippen LogP contribution in [0.4, 0.5) is 23.7 Å². The number of aromatic hydroxyl groups is 1. The van der Waals surface area contributed by atoms with Gasteiger partial charge in [-0.2, -0.15) is 13.2 Å². The molecule has 0 saturated heterocycles. The maximum Gasteiger partial charge on any atom is 0.417 e. The number of halogens is 3. The molecule has 0 aliphatic heterocycles. The topological polar surface area (TPSA) is 97.3 Å². The molecule has 0 bridgehead atoms. The number of nitrogens with two attached hydrogens (primary N) is 1. The third-order valence-electron chi connectivity index (χ3n) is 3.75. The highest BCUT2D eigenvalue weighted by Crippen LogP contribution is 2.40. The molecular formula is C17H12F3N3O3. The number of anilines is 1. The summed E-state index contributed by atoms with van der Waals surface area (Å²) in [5.41, 5.74) is 3.30. The molecule has 0 fully saturated rings. The maximum absolute atomic E-state index is 13.4. The summed E-state index contributed by atoms with van der Waals surface area (Å²) >= 11 is 0. The zero-order valence-electron chi connectivity index (χ0n) is 13.0. The third-order valence-corrected chi connectivity index (χ3v) is 3.75. The molecule has 0 aliphatic rings. The van der Waals surface area contributed by atoms with E-state index in [1.165, 1.54) is 12.1 Å². The van der Waals surface area contributed by atoms with Crippen LogP contribution in [-0.4, -0.2) is 21.6 Å². The van der Waals surface area contributed by atoms with E-state index in [1.807, 2.05) is 0 Å². The van der Waals surface area contributed by atoms with Gasteiger partial charge in [-0.1, -0.05) is 24.3 Å². The lowest BCUT2D eigenvalue weighted by atomic mass is 10.0. The first-order valence-corrected chi connectivity index (χ1v) is 7.31. The summed E-state index contributed by atoms with van der Waals surface area (Å²) < 4.78 is 40.6.